The molecule has 3 nitrogen and oxygen atoms in total. The summed E-state index contributed by atoms with van der Waals surface area (Å²) in [6, 6.07) is 18.8. The summed E-state index contributed by atoms with van der Waals surface area (Å²) >= 11 is 0. The summed E-state index contributed by atoms with van der Waals surface area (Å²) in [5, 5.41) is -0.389. The van der Waals surface area contributed by atoms with E-state index < -0.39 is 9.84 Å². The molecule has 4 heteroatoms. The SMILES string of the molecule is C[C@@H](c1ccccc1)N1C[C@@H]1S(=O)(=O)c1ccccc1. The van der Waals surface area contributed by atoms with Crippen LogP contribution >= 0.6 is 0 Å². The maximum atomic E-state index is 12.5. The van der Waals surface area contributed by atoms with Crippen molar-refractivity contribution < 1.29 is 8.42 Å². The van der Waals surface area contributed by atoms with Crippen molar-refractivity contribution in [3.8, 4) is 0 Å². The van der Waals surface area contributed by atoms with Gasteiger partial charge in [-0.3, -0.25) is 4.90 Å². The molecule has 1 aliphatic rings. The van der Waals surface area contributed by atoms with Gasteiger partial charge < -0.3 is 0 Å². The molecular formula is C16H17NO2S. The molecule has 0 saturated carbocycles. The van der Waals surface area contributed by atoms with Crippen molar-refractivity contribution in [2.45, 2.75) is 23.2 Å². The normalized spacial score (nSPS) is 23.2. The van der Waals surface area contributed by atoms with E-state index in [1.807, 2.05) is 41.3 Å². The molecule has 104 valence electrons. The molecule has 1 aliphatic heterocycles. The molecule has 3 rings (SSSR count). The molecule has 3 atom stereocenters. The minimum Gasteiger partial charge on any atom is -0.276 e. The molecule has 0 N–H and O–H groups in total. The van der Waals surface area contributed by atoms with Crippen LogP contribution in [0.4, 0.5) is 0 Å². The monoisotopic (exact) mass is 287 g/mol. The standard InChI is InChI=1S/C16H17NO2S/c1-13(14-8-4-2-5-9-14)17-12-16(17)20(18,19)15-10-6-3-7-11-15/h2-11,13,16H,12H2,1H3/t13-,16-,17?/m0/s1. The lowest BCUT2D eigenvalue weighted by molar-refractivity contribution is 0.428. The molecule has 1 unspecified atom stereocenters. The first-order chi connectivity index (χ1) is 9.60. The van der Waals surface area contributed by atoms with Crippen LogP contribution < -0.4 is 0 Å². The molecule has 0 radical (unpaired) electrons. The van der Waals surface area contributed by atoms with Gasteiger partial charge in [0.2, 0.25) is 0 Å². The van der Waals surface area contributed by atoms with E-state index in [1.165, 1.54) is 0 Å². The first kappa shape index (κ1) is 13.3. The molecule has 0 bridgehead atoms. The Morgan fingerprint density at radius 1 is 1.00 bits per heavy atom. The van der Waals surface area contributed by atoms with E-state index in [4.69, 9.17) is 0 Å². The Morgan fingerprint density at radius 2 is 1.55 bits per heavy atom. The van der Waals surface area contributed by atoms with Gasteiger partial charge in [-0.1, -0.05) is 48.5 Å². The molecule has 1 heterocycles. The fraction of sp³-hybridized carbons (Fsp3) is 0.250. The van der Waals surface area contributed by atoms with Gasteiger partial charge in [0.1, 0.15) is 5.37 Å². The lowest BCUT2D eigenvalue weighted by atomic mass is 10.1. The van der Waals surface area contributed by atoms with Gasteiger partial charge in [-0.15, -0.1) is 0 Å². The molecule has 2 aromatic rings. The third-order valence-electron chi connectivity index (χ3n) is 3.81. The van der Waals surface area contributed by atoms with Crippen LogP contribution in [0, 0.1) is 0 Å². The second-order valence-corrected chi connectivity index (χ2v) is 7.20. The maximum Gasteiger partial charge on any atom is 0.195 e. The number of rotatable bonds is 4. The number of hydrogen-bond acceptors (Lipinski definition) is 3. The maximum absolute atomic E-state index is 12.5. The summed E-state index contributed by atoms with van der Waals surface area (Å²) < 4.78 is 25.0. The van der Waals surface area contributed by atoms with Crippen molar-refractivity contribution in [2.75, 3.05) is 6.54 Å². The van der Waals surface area contributed by atoms with E-state index in [-0.39, 0.29) is 11.4 Å². The summed E-state index contributed by atoms with van der Waals surface area (Å²) in [4.78, 5) is 2.42. The third kappa shape index (κ3) is 2.37. The average molecular weight is 287 g/mol. The molecule has 2 aromatic carbocycles. The molecule has 0 amide bonds. The lowest BCUT2D eigenvalue weighted by Gasteiger charge is -2.14. The summed E-state index contributed by atoms with van der Waals surface area (Å²) in [5.74, 6) is 0. The van der Waals surface area contributed by atoms with Crippen molar-refractivity contribution in [2.24, 2.45) is 0 Å². The highest BCUT2D eigenvalue weighted by Gasteiger charge is 2.48. The van der Waals surface area contributed by atoms with E-state index in [1.54, 1.807) is 24.3 Å². The van der Waals surface area contributed by atoms with Gasteiger partial charge in [-0.05, 0) is 24.6 Å². The predicted molar refractivity (Wildman–Crippen MR) is 79.0 cm³/mol. The van der Waals surface area contributed by atoms with Crippen molar-refractivity contribution in [1.29, 1.82) is 0 Å². The Morgan fingerprint density at radius 3 is 2.15 bits per heavy atom. The molecule has 1 fully saturated rings. The summed E-state index contributed by atoms with van der Waals surface area (Å²) in [7, 11) is -3.24. The quantitative estimate of drug-likeness (QED) is 0.811. The molecular weight excluding hydrogens is 270 g/mol. The number of sulfone groups is 1. The molecule has 20 heavy (non-hydrogen) atoms. The smallest absolute Gasteiger partial charge is 0.195 e. The topological polar surface area (TPSA) is 37.1 Å². The van der Waals surface area contributed by atoms with Crippen molar-refractivity contribution in [3.05, 3.63) is 66.2 Å². The highest BCUT2D eigenvalue weighted by atomic mass is 32.2. The van der Waals surface area contributed by atoms with Gasteiger partial charge in [0.25, 0.3) is 0 Å². The highest BCUT2D eigenvalue weighted by molar-refractivity contribution is 7.92. The Kier molecular flexibility index (Phi) is 3.36. The van der Waals surface area contributed by atoms with E-state index in [2.05, 4.69) is 6.92 Å². The van der Waals surface area contributed by atoms with Crippen LogP contribution in [0.1, 0.15) is 18.5 Å². The van der Waals surface area contributed by atoms with Gasteiger partial charge in [-0.2, -0.15) is 0 Å². The Balaban J connectivity index is 1.80. The van der Waals surface area contributed by atoms with Gasteiger partial charge in [0.15, 0.2) is 9.84 Å². The van der Waals surface area contributed by atoms with Crippen molar-refractivity contribution >= 4 is 9.84 Å². The van der Waals surface area contributed by atoms with E-state index in [9.17, 15) is 8.42 Å². The third-order valence-corrected chi connectivity index (χ3v) is 5.88. The van der Waals surface area contributed by atoms with Crippen LogP contribution in [0.15, 0.2) is 65.6 Å². The fourth-order valence-corrected chi connectivity index (χ4v) is 4.27. The van der Waals surface area contributed by atoms with Gasteiger partial charge in [-0.25, -0.2) is 8.42 Å². The zero-order valence-electron chi connectivity index (χ0n) is 11.3. The second-order valence-electron chi connectivity index (χ2n) is 5.10. The molecule has 1 saturated heterocycles. The van der Waals surface area contributed by atoms with E-state index >= 15 is 0 Å². The highest BCUT2D eigenvalue weighted by Crippen LogP contribution is 2.37. The van der Waals surface area contributed by atoms with E-state index in [0.29, 0.717) is 11.4 Å². The minimum absolute atomic E-state index is 0.125. The first-order valence-electron chi connectivity index (χ1n) is 6.70. The van der Waals surface area contributed by atoms with Crippen molar-refractivity contribution in [1.82, 2.24) is 4.90 Å². The number of nitrogens with zero attached hydrogens (tertiary/aromatic N) is 1. The average Bonchev–Trinajstić information content (AvgIpc) is 3.29. The van der Waals surface area contributed by atoms with Gasteiger partial charge >= 0.3 is 0 Å². The molecule has 0 aliphatic carbocycles. The second kappa shape index (κ2) is 5.04. The van der Waals surface area contributed by atoms with Crippen LogP contribution in [0.2, 0.25) is 0 Å². The van der Waals surface area contributed by atoms with Crippen LogP contribution in [-0.4, -0.2) is 25.2 Å². The van der Waals surface area contributed by atoms with Gasteiger partial charge in [0, 0.05) is 12.6 Å². The summed E-state index contributed by atoms with van der Waals surface area (Å²) in [6.45, 7) is 2.66. The predicted octanol–water partition coefficient (Wildman–Crippen LogP) is 2.86. The zero-order chi connectivity index (χ0) is 14.2. The largest absolute Gasteiger partial charge is 0.276 e. The zero-order valence-corrected chi connectivity index (χ0v) is 12.1. The number of hydrogen-bond donors (Lipinski definition) is 0. The minimum atomic E-state index is -3.24. The molecule has 0 spiro atoms. The Labute approximate surface area is 119 Å². The van der Waals surface area contributed by atoms with Crippen LogP contribution in [0.5, 0.6) is 0 Å². The van der Waals surface area contributed by atoms with E-state index in [0.717, 1.165) is 5.56 Å². The van der Waals surface area contributed by atoms with Crippen LogP contribution in [0.3, 0.4) is 0 Å². The van der Waals surface area contributed by atoms with Gasteiger partial charge in [0.05, 0.1) is 4.90 Å². The van der Waals surface area contributed by atoms with Crippen LogP contribution in [0.25, 0.3) is 0 Å². The Hall–Kier alpha value is -1.65. The summed E-state index contributed by atoms with van der Waals surface area (Å²) in [6.07, 6.45) is 0. The first-order valence-corrected chi connectivity index (χ1v) is 8.25. The molecule has 0 aromatic heterocycles. The fourth-order valence-electron chi connectivity index (χ4n) is 2.51. The van der Waals surface area contributed by atoms with Crippen LogP contribution in [-0.2, 0) is 9.84 Å². The number of benzene rings is 2. The summed E-state index contributed by atoms with van der Waals surface area (Å²) in [5.41, 5.74) is 1.15. The lowest BCUT2D eigenvalue weighted by Crippen LogP contribution is -2.16. The Bertz CT molecular complexity index is 683. The van der Waals surface area contributed by atoms with Crippen molar-refractivity contribution in [3.63, 3.8) is 0 Å².